The van der Waals surface area contributed by atoms with Gasteiger partial charge in [-0.1, -0.05) is 35.0 Å². The van der Waals surface area contributed by atoms with Crippen LogP contribution in [0.3, 0.4) is 0 Å². The molecule has 4 nitrogen and oxygen atoms in total. The van der Waals surface area contributed by atoms with Crippen molar-refractivity contribution in [1.29, 1.82) is 0 Å². The summed E-state index contributed by atoms with van der Waals surface area (Å²) < 4.78 is 5.29. The SMILES string of the molecule is Cl.Clc1ccccc1Cc1noc(C2CCCN2)n1. The molecule has 1 atom stereocenters. The predicted octanol–water partition coefficient (Wildman–Crippen LogP) is 3.16. The minimum atomic E-state index is 0. The molecule has 1 aliphatic rings. The van der Waals surface area contributed by atoms with Gasteiger partial charge in [0.15, 0.2) is 5.82 Å². The first-order chi connectivity index (χ1) is 8.83. The Morgan fingerprint density at radius 2 is 2.21 bits per heavy atom. The standard InChI is InChI=1S/C13H14ClN3O.ClH/c14-10-5-2-1-4-9(10)8-12-16-13(18-17-12)11-6-3-7-15-11;/h1-2,4-5,11,15H,3,6-8H2;1H. The van der Waals surface area contributed by atoms with Gasteiger partial charge in [-0.05, 0) is 31.0 Å². The highest BCUT2D eigenvalue weighted by molar-refractivity contribution is 6.31. The molecule has 1 saturated heterocycles. The van der Waals surface area contributed by atoms with Gasteiger partial charge >= 0.3 is 0 Å². The van der Waals surface area contributed by atoms with Crippen molar-refractivity contribution in [2.24, 2.45) is 0 Å². The second-order valence-corrected chi connectivity index (χ2v) is 4.87. The van der Waals surface area contributed by atoms with E-state index in [1.54, 1.807) is 0 Å². The Kier molecular flexibility index (Phi) is 4.80. The summed E-state index contributed by atoms with van der Waals surface area (Å²) in [4.78, 5) is 4.43. The molecule has 1 aromatic carbocycles. The second-order valence-electron chi connectivity index (χ2n) is 4.47. The Labute approximate surface area is 122 Å². The predicted molar refractivity (Wildman–Crippen MR) is 75.8 cm³/mol. The summed E-state index contributed by atoms with van der Waals surface area (Å²) >= 11 is 6.11. The summed E-state index contributed by atoms with van der Waals surface area (Å²) in [7, 11) is 0. The van der Waals surface area contributed by atoms with Crippen molar-refractivity contribution in [3.8, 4) is 0 Å². The van der Waals surface area contributed by atoms with Crippen LogP contribution in [0.25, 0.3) is 0 Å². The lowest BCUT2D eigenvalue weighted by atomic mass is 10.1. The monoisotopic (exact) mass is 299 g/mol. The number of halogens is 2. The van der Waals surface area contributed by atoms with E-state index in [2.05, 4.69) is 15.5 Å². The summed E-state index contributed by atoms with van der Waals surface area (Å²) in [6.45, 7) is 1.02. The first-order valence-electron chi connectivity index (χ1n) is 6.12. The molecule has 1 N–H and O–H groups in total. The molecule has 0 radical (unpaired) electrons. The zero-order valence-corrected chi connectivity index (χ0v) is 11.9. The number of hydrogen-bond donors (Lipinski definition) is 1. The van der Waals surface area contributed by atoms with Crippen LogP contribution in [0.15, 0.2) is 28.8 Å². The number of benzene rings is 1. The maximum absolute atomic E-state index is 6.11. The minimum Gasteiger partial charge on any atom is -0.338 e. The van der Waals surface area contributed by atoms with E-state index in [4.69, 9.17) is 16.1 Å². The number of aromatic nitrogens is 2. The molecule has 1 aliphatic heterocycles. The van der Waals surface area contributed by atoms with Gasteiger partial charge in [0.2, 0.25) is 5.89 Å². The fourth-order valence-corrected chi connectivity index (χ4v) is 2.39. The van der Waals surface area contributed by atoms with E-state index in [1.165, 1.54) is 0 Å². The number of rotatable bonds is 3. The molecular formula is C13H15Cl2N3O. The Bertz CT molecular complexity index is 538. The molecule has 2 heterocycles. The maximum Gasteiger partial charge on any atom is 0.243 e. The Balaban J connectivity index is 0.00000133. The van der Waals surface area contributed by atoms with Crippen LogP contribution in [-0.4, -0.2) is 16.7 Å². The summed E-state index contributed by atoms with van der Waals surface area (Å²) in [5.41, 5.74) is 1.02. The van der Waals surface area contributed by atoms with E-state index in [9.17, 15) is 0 Å². The van der Waals surface area contributed by atoms with Crippen LogP contribution in [0.4, 0.5) is 0 Å². The van der Waals surface area contributed by atoms with Crippen LogP contribution in [0.2, 0.25) is 5.02 Å². The molecule has 2 aromatic rings. The van der Waals surface area contributed by atoms with Crippen LogP contribution in [-0.2, 0) is 6.42 Å². The molecule has 6 heteroatoms. The summed E-state index contributed by atoms with van der Waals surface area (Å²) in [6.07, 6.45) is 2.83. The maximum atomic E-state index is 6.11. The number of nitrogens with one attached hydrogen (secondary N) is 1. The van der Waals surface area contributed by atoms with Crippen molar-refractivity contribution in [1.82, 2.24) is 15.5 Å². The highest BCUT2D eigenvalue weighted by Crippen LogP contribution is 2.22. The Morgan fingerprint density at radius 1 is 1.37 bits per heavy atom. The average Bonchev–Trinajstić information content (AvgIpc) is 3.02. The molecule has 1 aromatic heterocycles. The van der Waals surface area contributed by atoms with Gasteiger partial charge in [-0.3, -0.25) is 0 Å². The Morgan fingerprint density at radius 3 is 2.95 bits per heavy atom. The summed E-state index contributed by atoms with van der Waals surface area (Å²) in [5.74, 6) is 1.38. The van der Waals surface area contributed by atoms with Crippen molar-refractivity contribution in [3.05, 3.63) is 46.6 Å². The van der Waals surface area contributed by atoms with E-state index in [0.29, 0.717) is 18.1 Å². The van der Waals surface area contributed by atoms with Crippen LogP contribution in [0.5, 0.6) is 0 Å². The second kappa shape index (κ2) is 6.37. The van der Waals surface area contributed by atoms with Crippen LogP contribution < -0.4 is 5.32 Å². The first-order valence-corrected chi connectivity index (χ1v) is 6.50. The van der Waals surface area contributed by atoms with Gasteiger partial charge in [-0.25, -0.2) is 0 Å². The van der Waals surface area contributed by atoms with Crippen molar-refractivity contribution >= 4 is 24.0 Å². The molecule has 0 spiro atoms. The molecule has 3 rings (SSSR count). The van der Waals surface area contributed by atoms with Crippen molar-refractivity contribution in [3.63, 3.8) is 0 Å². The fourth-order valence-electron chi connectivity index (χ4n) is 2.19. The number of hydrogen-bond acceptors (Lipinski definition) is 4. The lowest BCUT2D eigenvalue weighted by Gasteiger charge is -2.01. The molecule has 0 amide bonds. The molecular weight excluding hydrogens is 285 g/mol. The normalized spacial score (nSPS) is 18.3. The molecule has 102 valence electrons. The molecule has 0 saturated carbocycles. The lowest BCUT2D eigenvalue weighted by molar-refractivity contribution is 0.341. The molecule has 1 fully saturated rings. The van der Waals surface area contributed by atoms with Gasteiger partial charge in [0, 0.05) is 11.4 Å². The topological polar surface area (TPSA) is 51.0 Å². The van der Waals surface area contributed by atoms with Gasteiger partial charge in [-0.15, -0.1) is 12.4 Å². The molecule has 0 bridgehead atoms. The zero-order valence-electron chi connectivity index (χ0n) is 10.3. The third kappa shape index (κ3) is 3.26. The minimum absolute atomic E-state index is 0. The van der Waals surface area contributed by atoms with E-state index >= 15 is 0 Å². The third-order valence-corrected chi connectivity index (χ3v) is 3.52. The van der Waals surface area contributed by atoms with Gasteiger partial charge in [0.05, 0.1) is 6.04 Å². The van der Waals surface area contributed by atoms with Crippen molar-refractivity contribution in [2.45, 2.75) is 25.3 Å². The van der Waals surface area contributed by atoms with E-state index < -0.39 is 0 Å². The van der Waals surface area contributed by atoms with Crippen LogP contribution in [0.1, 0.15) is 36.2 Å². The van der Waals surface area contributed by atoms with E-state index in [1.807, 2.05) is 24.3 Å². The molecule has 19 heavy (non-hydrogen) atoms. The van der Waals surface area contributed by atoms with Crippen LogP contribution in [0, 0.1) is 0 Å². The van der Waals surface area contributed by atoms with Crippen LogP contribution >= 0.6 is 24.0 Å². The van der Waals surface area contributed by atoms with Gasteiger partial charge < -0.3 is 9.84 Å². The highest BCUT2D eigenvalue weighted by atomic mass is 35.5. The van der Waals surface area contributed by atoms with Gasteiger partial charge in [0.1, 0.15) is 0 Å². The van der Waals surface area contributed by atoms with Gasteiger partial charge in [-0.2, -0.15) is 4.98 Å². The smallest absolute Gasteiger partial charge is 0.243 e. The number of nitrogens with zero attached hydrogens (tertiary/aromatic N) is 2. The Hall–Kier alpha value is -1.10. The highest BCUT2D eigenvalue weighted by Gasteiger charge is 2.22. The quantitative estimate of drug-likeness (QED) is 0.946. The van der Waals surface area contributed by atoms with Gasteiger partial charge in [0.25, 0.3) is 0 Å². The van der Waals surface area contributed by atoms with E-state index in [0.717, 1.165) is 30.0 Å². The van der Waals surface area contributed by atoms with Crippen molar-refractivity contribution in [2.75, 3.05) is 6.54 Å². The first kappa shape index (κ1) is 14.3. The summed E-state index contributed by atoms with van der Waals surface area (Å²) in [6, 6.07) is 7.94. The molecule has 0 aliphatic carbocycles. The third-order valence-electron chi connectivity index (χ3n) is 3.15. The summed E-state index contributed by atoms with van der Waals surface area (Å²) in [5, 5.41) is 8.09. The fraction of sp³-hybridized carbons (Fsp3) is 0.385. The lowest BCUT2D eigenvalue weighted by Crippen LogP contribution is -2.13. The average molecular weight is 300 g/mol. The van der Waals surface area contributed by atoms with E-state index in [-0.39, 0.29) is 18.4 Å². The van der Waals surface area contributed by atoms with Crippen molar-refractivity contribution < 1.29 is 4.52 Å². The molecule has 1 unspecified atom stereocenters. The zero-order chi connectivity index (χ0) is 12.4. The largest absolute Gasteiger partial charge is 0.338 e.